The van der Waals surface area contributed by atoms with Crippen LogP contribution in [0, 0.1) is 0 Å². The van der Waals surface area contributed by atoms with Crippen LogP contribution < -0.4 is 5.73 Å². The first-order valence-corrected chi connectivity index (χ1v) is 4.21. The molecule has 0 radical (unpaired) electrons. The van der Waals surface area contributed by atoms with Gasteiger partial charge in [-0.3, -0.25) is 4.99 Å². The van der Waals surface area contributed by atoms with Gasteiger partial charge >= 0.3 is 0 Å². The van der Waals surface area contributed by atoms with Crippen molar-refractivity contribution in [2.24, 2.45) is 10.7 Å². The van der Waals surface area contributed by atoms with Gasteiger partial charge in [0.25, 0.3) is 0 Å². The van der Waals surface area contributed by atoms with Crippen LogP contribution in [0.15, 0.2) is 4.99 Å². The van der Waals surface area contributed by atoms with E-state index in [4.69, 9.17) is 5.73 Å². The molecule has 0 aromatic rings. The molecule has 0 aromatic carbocycles. The van der Waals surface area contributed by atoms with E-state index < -0.39 is 0 Å². The monoisotopic (exact) mass is 155 g/mol. The predicted octanol–water partition coefficient (Wildman–Crippen LogP) is 0.805. The van der Waals surface area contributed by atoms with E-state index in [0.29, 0.717) is 12.0 Å². The van der Waals surface area contributed by atoms with Gasteiger partial charge in [0.05, 0.1) is 0 Å². The van der Waals surface area contributed by atoms with Crippen molar-refractivity contribution in [3.63, 3.8) is 0 Å². The maximum atomic E-state index is 5.67. The van der Waals surface area contributed by atoms with E-state index in [2.05, 4.69) is 9.89 Å². The highest BCUT2D eigenvalue weighted by atomic mass is 15.2. The first kappa shape index (κ1) is 8.37. The van der Waals surface area contributed by atoms with Gasteiger partial charge in [-0.1, -0.05) is 12.8 Å². The Balaban J connectivity index is 2.45. The van der Waals surface area contributed by atoms with Crippen LogP contribution in [0.4, 0.5) is 0 Å². The van der Waals surface area contributed by atoms with Crippen molar-refractivity contribution in [3.05, 3.63) is 0 Å². The Labute approximate surface area is 68.3 Å². The van der Waals surface area contributed by atoms with Crippen molar-refractivity contribution >= 4 is 5.96 Å². The lowest BCUT2D eigenvalue weighted by Gasteiger charge is -2.24. The second-order valence-electron chi connectivity index (χ2n) is 3.13. The summed E-state index contributed by atoms with van der Waals surface area (Å²) in [6, 6.07) is 0.638. The van der Waals surface area contributed by atoms with Gasteiger partial charge in [0.15, 0.2) is 5.96 Å². The minimum absolute atomic E-state index is 0.638. The Hall–Kier alpha value is -0.730. The standard InChI is InChI=1S/C8H17N3/c1-10-8(9)11(2)7-5-3-4-6-7/h7H,3-6H2,1-2H3,(H2,9,10). The van der Waals surface area contributed by atoms with Crippen molar-refractivity contribution in [3.8, 4) is 0 Å². The van der Waals surface area contributed by atoms with E-state index in [9.17, 15) is 0 Å². The fourth-order valence-corrected chi connectivity index (χ4v) is 1.64. The molecule has 0 bridgehead atoms. The predicted molar refractivity (Wildman–Crippen MR) is 47.6 cm³/mol. The van der Waals surface area contributed by atoms with E-state index in [-0.39, 0.29) is 0 Å². The molecule has 1 saturated carbocycles. The maximum Gasteiger partial charge on any atom is 0.190 e. The maximum absolute atomic E-state index is 5.67. The minimum Gasteiger partial charge on any atom is -0.370 e. The molecule has 11 heavy (non-hydrogen) atoms. The number of hydrogen-bond donors (Lipinski definition) is 1. The quantitative estimate of drug-likeness (QED) is 0.449. The number of aliphatic imine (C=N–C) groups is 1. The normalized spacial score (nSPS) is 20.7. The molecule has 0 unspecified atom stereocenters. The molecule has 1 rings (SSSR count). The lowest BCUT2D eigenvalue weighted by atomic mass is 10.2. The van der Waals surface area contributed by atoms with Crippen LogP contribution in [-0.2, 0) is 0 Å². The first-order chi connectivity index (χ1) is 5.25. The number of guanidine groups is 1. The molecule has 3 nitrogen and oxygen atoms in total. The minimum atomic E-state index is 0.638. The molecule has 0 saturated heterocycles. The van der Waals surface area contributed by atoms with Crippen molar-refractivity contribution in [1.82, 2.24) is 4.90 Å². The van der Waals surface area contributed by atoms with E-state index in [1.54, 1.807) is 7.05 Å². The Morgan fingerprint density at radius 1 is 1.45 bits per heavy atom. The molecular formula is C8H17N3. The van der Waals surface area contributed by atoms with E-state index >= 15 is 0 Å². The average Bonchev–Trinajstić information content (AvgIpc) is 2.53. The Morgan fingerprint density at radius 3 is 2.45 bits per heavy atom. The summed E-state index contributed by atoms with van der Waals surface area (Å²) in [5.41, 5.74) is 5.67. The highest BCUT2D eigenvalue weighted by Gasteiger charge is 2.20. The van der Waals surface area contributed by atoms with Gasteiger partial charge in [0.1, 0.15) is 0 Å². The van der Waals surface area contributed by atoms with Crippen LogP contribution in [0.25, 0.3) is 0 Å². The molecule has 1 aliphatic carbocycles. The summed E-state index contributed by atoms with van der Waals surface area (Å²) in [4.78, 5) is 6.04. The molecule has 1 fully saturated rings. The van der Waals surface area contributed by atoms with Crippen molar-refractivity contribution in [2.75, 3.05) is 14.1 Å². The van der Waals surface area contributed by atoms with E-state index in [0.717, 1.165) is 0 Å². The fraction of sp³-hybridized carbons (Fsp3) is 0.875. The smallest absolute Gasteiger partial charge is 0.190 e. The molecule has 0 atom stereocenters. The van der Waals surface area contributed by atoms with E-state index in [1.807, 2.05) is 7.05 Å². The zero-order valence-corrected chi connectivity index (χ0v) is 7.38. The lowest BCUT2D eigenvalue weighted by Crippen LogP contribution is -2.40. The van der Waals surface area contributed by atoms with Crippen LogP contribution in [0.3, 0.4) is 0 Å². The lowest BCUT2D eigenvalue weighted by molar-refractivity contribution is 0.368. The number of nitrogens with two attached hydrogens (primary N) is 1. The Morgan fingerprint density at radius 2 is 2.00 bits per heavy atom. The molecular weight excluding hydrogens is 138 g/mol. The molecule has 0 aromatic heterocycles. The molecule has 0 aliphatic heterocycles. The van der Waals surface area contributed by atoms with Gasteiger partial charge < -0.3 is 10.6 Å². The summed E-state index contributed by atoms with van der Waals surface area (Å²) in [7, 11) is 3.76. The fourth-order valence-electron chi connectivity index (χ4n) is 1.64. The summed E-state index contributed by atoms with van der Waals surface area (Å²) in [5, 5.41) is 0. The summed E-state index contributed by atoms with van der Waals surface area (Å²) >= 11 is 0. The largest absolute Gasteiger partial charge is 0.370 e. The van der Waals surface area contributed by atoms with Gasteiger partial charge in [-0.2, -0.15) is 0 Å². The van der Waals surface area contributed by atoms with Crippen molar-refractivity contribution < 1.29 is 0 Å². The summed E-state index contributed by atoms with van der Waals surface area (Å²) < 4.78 is 0. The van der Waals surface area contributed by atoms with Crippen LogP contribution in [-0.4, -0.2) is 31.0 Å². The topological polar surface area (TPSA) is 41.6 Å². The molecule has 3 heteroatoms. The molecule has 0 heterocycles. The second-order valence-corrected chi connectivity index (χ2v) is 3.13. The van der Waals surface area contributed by atoms with Gasteiger partial charge in [-0.15, -0.1) is 0 Å². The number of rotatable bonds is 1. The van der Waals surface area contributed by atoms with Crippen LogP contribution in [0.1, 0.15) is 25.7 Å². The van der Waals surface area contributed by atoms with Crippen molar-refractivity contribution in [2.45, 2.75) is 31.7 Å². The third-order valence-corrected chi connectivity index (χ3v) is 2.46. The van der Waals surface area contributed by atoms with E-state index in [1.165, 1.54) is 25.7 Å². The number of hydrogen-bond acceptors (Lipinski definition) is 1. The summed E-state index contributed by atoms with van der Waals surface area (Å²) in [6.45, 7) is 0. The third kappa shape index (κ3) is 1.85. The molecule has 0 amide bonds. The molecule has 1 aliphatic rings. The molecule has 64 valence electrons. The van der Waals surface area contributed by atoms with Crippen LogP contribution in [0.5, 0.6) is 0 Å². The zero-order valence-electron chi connectivity index (χ0n) is 7.38. The highest BCUT2D eigenvalue weighted by molar-refractivity contribution is 5.77. The van der Waals surface area contributed by atoms with Crippen molar-refractivity contribution in [1.29, 1.82) is 0 Å². The van der Waals surface area contributed by atoms with Crippen LogP contribution >= 0.6 is 0 Å². The molecule has 2 N–H and O–H groups in total. The Kier molecular flexibility index (Phi) is 2.74. The van der Waals surface area contributed by atoms with Crippen LogP contribution in [0.2, 0.25) is 0 Å². The SMILES string of the molecule is CN=C(N)N(C)C1CCCC1. The summed E-state index contributed by atoms with van der Waals surface area (Å²) in [5.74, 6) is 0.664. The zero-order chi connectivity index (χ0) is 8.27. The molecule has 0 spiro atoms. The van der Waals surface area contributed by atoms with Gasteiger partial charge in [0.2, 0.25) is 0 Å². The highest BCUT2D eigenvalue weighted by Crippen LogP contribution is 2.21. The van der Waals surface area contributed by atoms with Gasteiger partial charge in [0, 0.05) is 20.1 Å². The van der Waals surface area contributed by atoms with Gasteiger partial charge in [-0.05, 0) is 12.8 Å². The third-order valence-electron chi connectivity index (χ3n) is 2.46. The summed E-state index contributed by atoms with van der Waals surface area (Å²) in [6.07, 6.45) is 5.22. The van der Waals surface area contributed by atoms with Gasteiger partial charge in [-0.25, -0.2) is 0 Å². The Bertz CT molecular complexity index is 147. The average molecular weight is 155 g/mol. The second kappa shape index (κ2) is 3.60. The first-order valence-electron chi connectivity index (χ1n) is 4.21. The number of nitrogens with zero attached hydrogens (tertiary/aromatic N) is 2.